The van der Waals surface area contributed by atoms with Crippen molar-refractivity contribution in [2.45, 2.75) is 25.8 Å². The van der Waals surface area contributed by atoms with Gasteiger partial charge in [-0.05, 0) is 36.5 Å². The lowest BCUT2D eigenvalue weighted by atomic mass is 10.0. The van der Waals surface area contributed by atoms with E-state index < -0.39 is 0 Å². The molecule has 114 valence electrons. The molecular formula is C20H18N2O. The Morgan fingerprint density at radius 3 is 2.65 bits per heavy atom. The third-order valence-electron chi connectivity index (χ3n) is 4.44. The number of nitrogens with one attached hydrogen (secondary N) is 1. The summed E-state index contributed by atoms with van der Waals surface area (Å²) in [5, 5.41) is 4.03. The maximum Gasteiger partial charge on any atom is 0.252 e. The minimum absolute atomic E-state index is 0.00519. The van der Waals surface area contributed by atoms with Crippen LogP contribution in [0, 0.1) is 0 Å². The molecule has 3 aromatic rings. The van der Waals surface area contributed by atoms with Crippen molar-refractivity contribution in [2.24, 2.45) is 0 Å². The van der Waals surface area contributed by atoms with Gasteiger partial charge in [-0.3, -0.25) is 9.78 Å². The van der Waals surface area contributed by atoms with Crippen molar-refractivity contribution in [1.82, 2.24) is 10.3 Å². The first-order chi connectivity index (χ1) is 11.3. The van der Waals surface area contributed by atoms with Crippen LogP contribution in [0.5, 0.6) is 0 Å². The highest BCUT2D eigenvalue weighted by Crippen LogP contribution is 2.29. The molecule has 3 heteroatoms. The zero-order valence-corrected chi connectivity index (χ0v) is 12.9. The molecule has 0 unspecified atom stereocenters. The predicted octanol–water partition coefficient (Wildman–Crippen LogP) is 3.65. The van der Waals surface area contributed by atoms with Gasteiger partial charge in [0.2, 0.25) is 0 Å². The molecular weight excluding hydrogens is 284 g/mol. The van der Waals surface area contributed by atoms with E-state index in [4.69, 9.17) is 4.98 Å². The molecule has 0 fully saturated rings. The van der Waals surface area contributed by atoms with E-state index in [1.54, 1.807) is 0 Å². The number of fused-ring (bicyclic) bond motifs is 2. The molecule has 1 aliphatic carbocycles. The summed E-state index contributed by atoms with van der Waals surface area (Å²) in [5.41, 5.74) is 5.07. The lowest BCUT2D eigenvalue weighted by Crippen LogP contribution is -2.24. The summed E-state index contributed by atoms with van der Waals surface area (Å²) in [5.74, 6) is 0.00519. The predicted molar refractivity (Wildman–Crippen MR) is 91.4 cm³/mol. The highest BCUT2D eigenvalue weighted by Gasteiger charge is 2.23. The van der Waals surface area contributed by atoms with Gasteiger partial charge in [0.1, 0.15) is 0 Å². The second-order valence-corrected chi connectivity index (χ2v) is 5.95. The minimum atomic E-state index is 0.00519. The number of hydrogen-bond donors (Lipinski definition) is 1. The second kappa shape index (κ2) is 5.84. The highest BCUT2D eigenvalue weighted by atomic mass is 16.1. The van der Waals surface area contributed by atoms with E-state index in [1.165, 1.54) is 0 Å². The third kappa shape index (κ3) is 2.59. The third-order valence-corrected chi connectivity index (χ3v) is 4.44. The van der Waals surface area contributed by atoms with Gasteiger partial charge in [0.25, 0.3) is 5.91 Å². The second-order valence-electron chi connectivity index (χ2n) is 5.95. The zero-order chi connectivity index (χ0) is 15.6. The van der Waals surface area contributed by atoms with E-state index in [2.05, 4.69) is 5.32 Å². The molecule has 0 atom stereocenters. The first kappa shape index (κ1) is 13.9. The number of pyridine rings is 1. The smallest absolute Gasteiger partial charge is 0.252 e. The summed E-state index contributed by atoms with van der Waals surface area (Å²) in [6, 6.07) is 17.9. The Kier molecular flexibility index (Phi) is 3.54. The molecule has 0 radical (unpaired) electrons. The number of aryl methyl sites for hydroxylation is 1. The van der Waals surface area contributed by atoms with E-state index in [0.29, 0.717) is 6.54 Å². The molecule has 23 heavy (non-hydrogen) atoms. The normalized spacial score (nSPS) is 13.0. The molecule has 0 saturated heterocycles. The minimum Gasteiger partial charge on any atom is -0.348 e. The molecule has 0 saturated carbocycles. The standard InChI is InChI=1S/C20H18N2O/c23-20(21-13-14-7-2-1-3-8-14)19-15-9-4-5-11-17(15)22-18-12-6-10-16(18)19/h1-5,7-9,11H,6,10,12-13H2,(H,21,23). The molecule has 1 heterocycles. The Hall–Kier alpha value is -2.68. The number of rotatable bonds is 3. The Morgan fingerprint density at radius 2 is 1.78 bits per heavy atom. The van der Waals surface area contributed by atoms with Gasteiger partial charge in [-0.1, -0.05) is 48.5 Å². The van der Waals surface area contributed by atoms with Crippen molar-refractivity contribution >= 4 is 16.8 Å². The van der Waals surface area contributed by atoms with Crippen LogP contribution in [-0.4, -0.2) is 10.9 Å². The Bertz CT molecular complexity index is 871. The lowest BCUT2D eigenvalue weighted by Gasteiger charge is -2.12. The molecule has 1 amide bonds. The van der Waals surface area contributed by atoms with E-state index in [0.717, 1.165) is 52.5 Å². The molecule has 3 nitrogen and oxygen atoms in total. The molecule has 1 aromatic heterocycles. The number of benzene rings is 2. The van der Waals surface area contributed by atoms with Crippen LogP contribution in [-0.2, 0) is 19.4 Å². The van der Waals surface area contributed by atoms with Gasteiger partial charge in [0.05, 0.1) is 11.1 Å². The Morgan fingerprint density at radius 1 is 1.00 bits per heavy atom. The first-order valence-corrected chi connectivity index (χ1v) is 8.05. The van der Waals surface area contributed by atoms with E-state index in [1.807, 2.05) is 54.6 Å². The van der Waals surface area contributed by atoms with Crippen molar-refractivity contribution in [3.05, 3.63) is 77.0 Å². The monoisotopic (exact) mass is 302 g/mol. The van der Waals surface area contributed by atoms with Crippen molar-refractivity contribution in [2.75, 3.05) is 0 Å². The average Bonchev–Trinajstić information content (AvgIpc) is 3.06. The van der Waals surface area contributed by atoms with Gasteiger partial charge in [-0.25, -0.2) is 0 Å². The summed E-state index contributed by atoms with van der Waals surface area (Å²) in [4.78, 5) is 17.6. The fraction of sp³-hybridized carbons (Fsp3) is 0.200. The van der Waals surface area contributed by atoms with Gasteiger partial charge in [0.15, 0.2) is 0 Å². The van der Waals surface area contributed by atoms with E-state index in [-0.39, 0.29) is 5.91 Å². The Labute approximate surface area is 135 Å². The highest BCUT2D eigenvalue weighted by molar-refractivity contribution is 6.07. The van der Waals surface area contributed by atoms with E-state index in [9.17, 15) is 4.79 Å². The summed E-state index contributed by atoms with van der Waals surface area (Å²) >= 11 is 0. The fourth-order valence-electron chi connectivity index (χ4n) is 3.34. The summed E-state index contributed by atoms with van der Waals surface area (Å²) in [7, 11) is 0. The van der Waals surface area contributed by atoms with Crippen LogP contribution in [0.4, 0.5) is 0 Å². The van der Waals surface area contributed by atoms with Crippen molar-refractivity contribution in [3.8, 4) is 0 Å². The van der Waals surface area contributed by atoms with Crippen LogP contribution in [0.25, 0.3) is 10.9 Å². The lowest BCUT2D eigenvalue weighted by molar-refractivity contribution is 0.0951. The number of carbonyl (C=O) groups is 1. The Balaban J connectivity index is 1.71. The summed E-state index contributed by atoms with van der Waals surface area (Å²) < 4.78 is 0. The van der Waals surface area contributed by atoms with Gasteiger partial charge >= 0.3 is 0 Å². The maximum absolute atomic E-state index is 12.9. The van der Waals surface area contributed by atoms with Crippen LogP contribution in [0.1, 0.15) is 33.6 Å². The van der Waals surface area contributed by atoms with Crippen molar-refractivity contribution < 1.29 is 4.79 Å². The van der Waals surface area contributed by atoms with Crippen molar-refractivity contribution in [3.63, 3.8) is 0 Å². The number of nitrogens with zero attached hydrogens (tertiary/aromatic N) is 1. The molecule has 1 N–H and O–H groups in total. The fourth-order valence-corrected chi connectivity index (χ4v) is 3.34. The number of hydrogen-bond acceptors (Lipinski definition) is 2. The quantitative estimate of drug-likeness (QED) is 0.802. The van der Waals surface area contributed by atoms with Gasteiger partial charge in [-0.2, -0.15) is 0 Å². The van der Waals surface area contributed by atoms with Gasteiger partial charge in [0, 0.05) is 17.6 Å². The SMILES string of the molecule is O=C(NCc1ccccc1)c1c2c(nc3ccccc13)CCC2. The van der Waals surface area contributed by atoms with Crippen molar-refractivity contribution in [1.29, 1.82) is 0 Å². The molecule has 0 aliphatic heterocycles. The number of amides is 1. The van der Waals surface area contributed by atoms with Crippen LogP contribution in [0.15, 0.2) is 54.6 Å². The maximum atomic E-state index is 12.9. The summed E-state index contributed by atoms with van der Waals surface area (Å²) in [6.45, 7) is 0.547. The topological polar surface area (TPSA) is 42.0 Å². The molecule has 1 aliphatic rings. The van der Waals surface area contributed by atoms with Crippen LogP contribution in [0.2, 0.25) is 0 Å². The van der Waals surface area contributed by atoms with Crippen LogP contribution >= 0.6 is 0 Å². The number of carbonyl (C=O) groups excluding carboxylic acids is 1. The zero-order valence-electron chi connectivity index (χ0n) is 12.9. The largest absolute Gasteiger partial charge is 0.348 e. The summed E-state index contributed by atoms with van der Waals surface area (Å²) in [6.07, 6.45) is 3.00. The van der Waals surface area contributed by atoms with Crippen LogP contribution in [0.3, 0.4) is 0 Å². The first-order valence-electron chi connectivity index (χ1n) is 8.05. The number of aromatic nitrogens is 1. The molecule has 2 aromatic carbocycles. The molecule has 4 rings (SSSR count). The molecule has 0 spiro atoms. The van der Waals surface area contributed by atoms with Gasteiger partial charge < -0.3 is 5.32 Å². The van der Waals surface area contributed by atoms with E-state index >= 15 is 0 Å². The van der Waals surface area contributed by atoms with Gasteiger partial charge in [-0.15, -0.1) is 0 Å². The number of para-hydroxylation sites is 1. The average molecular weight is 302 g/mol. The molecule has 0 bridgehead atoms. The van der Waals surface area contributed by atoms with Crippen LogP contribution < -0.4 is 5.32 Å².